The van der Waals surface area contributed by atoms with Gasteiger partial charge in [0.25, 0.3) is 0 Å². The van der Waals surface area contributed by atoms with E-state index in [0.29, 0.717) is 43.0 Å². The molecule has 0 N–H and O–H groups in total. The van der Waals surface area contributed by atoms with Crippen molar-refractivity contribution < 1.29 is 28.2 Å². The third kappa shape index (κ3) is 5.96. The minimum atomic E-state index is -1.87. The Morgan fingerprint density at radius 3 is 2.21 bits per heavy atom. The maximum atomic E-state index is 13.1. The van der Waals surface area contributed by atoms with Crippen LogP contribution in [0.25, 0.3) is 0 Å². The highest BCUT2D eigenvalue weighted by Gasteiger charge is 2.57. The molecule has 7 atom stereocenters. The fraction of sp³-hybridized carbons (Fsp3) is 0.926. The lowest BCUT2D eigenvalue weighted by Gasteiger charge is -2.42. The minimum Gasteiger partial charge on any atom is -0.465 e. The number of methoxy groups -OCH3 is 1. The summed E-state index contributed by atoms with van der Waals surface area (Å²) in [7, 11) is -0.208. The molecule has 3 fully saturated rings. The molecule has 0 aliphatic heterocycles. The number of ether oxygens (including phenoxy) is 3. The van der Waals surface area contributed by atoms with E-state index in [1.54, 1.807) is 7.11 Å². The Labute approximate surface area is 207 Å². The van der Waals surface area contributed by atoms with Crippen LogP contribution >= 0.6 is 0 Å². The fourth-order valence-corrected chi connectivity index (χ4v) is 7.58. The Hall–Kier alpha value is -0.763. The topological polar surface area (TPSA) is 71.1 Å². The van der Waals surface area contributed by atoms with Crippen molar-refractivity contribution >= 4 is 20.1 Å². The first kappa shape index (κ1) is 27.8. The third-order valence-corrected chi connectivity index (χ3v) is 13.5. The molecule has 0 spiro atoms. The van der Waals surface area contributed by atoms with Crippen LogP contribution in [0.3, 0.4) is 0 Å². The van der Waals surface area contributed by atoms with E-state index in [4.69, 9.17) is 18.6 Å². The molecule has 3 rings (SSSR count). The van der Waals surface area contributed by atoms with Crippen molar-refractivity contribution in [3.05, 3.63) is 0 Å². The summed E-state index contributed by atoms with van der Waals surface area (Å²) >= 11 is 0. The zero-order chi connectivity index (χ0) is 25.5. The van der Waals surface area contributed by atoms with E-state index in [1.165, 1.54) is 0 Å². The molecule has 0 aromatic rings. The fourth-order valence-electron chi connectivity index (χ4n) is 6.20. The average Bonchev–Trinajstić information content (AvgIpc) is 3.25. The van der Waals surface area contributed by atoms with E-state index in [-0.39, 0.29) is 41.8 Å². The minimum absolute atomic E-state index is 0.0484. The van der Waals surface area contributed by atoms with Gasteiger partial charge in [0, 0.05) is 25.6 Å². The first-order valence-electron chi connectivity index (χ1n) is 13.1. The van der Waals surface area contributed by atoms with Crippen LogP contribution in [0.2, 0.25) is 18.1 Å². The van der Waals surface area contributed by atoms with E-state index in [1.807, 2.05) is 20.8 Å². The number of hydrogen-bond acceptors (Lipinski definition) is 6. The quantitative estimate of drug-likeness (QED) is 0.248. The normalized spacial score (nSPS) is 34.1. The van der Waals surface area contributed by atoms with Gasteiger partial charge in [-0.2, -0.15) is 0 Å². The first-order valence-corrected chi connectivity index (χ1v) is 16.0. The van der Waals surface area contributed by atoms with Gasteiger partial charge < -0.3 is 18.6 Å². The largest absolute Gasteiger partial charge is 0.465 e. The molecule has 3 aliphatic rings. The molecule has 0 aromatic carbocycles. The van der Waals surface area contributed by atoms with Crippen LogP contribution in [0.5, 0.6) is 0 Å². The molecule has 0 unspecified atom stereocenters. The number of Topliss-reactive ketones (excluding diaryl/α,β-unsaturated/α-hetero) is 1. The molecule has 3 aliphatic carbocycles. The second-order valence-electron chi connectivity index (χ2n) is 13.4. The predicted octanol–water partition coefficient (Wildman–Crippen LogP) is 5.60. The lowest BCUT2D eigenvalue weighted by Crippen LogP contribution is -2.43. The Bertz CT molecular complexity index is 736. The van der Waals surface area contributed by atoms with Crippen LogP contribution < -0.4 is 0 Å². The molecular weight excluding hydrogens is 448 g/mol. The van der Waals surface area contributed by atoms with Crippen LogP contribution in [-0.2, 0) is 28.2 Å². The molecule has 0 radical (unpaired) electrons. The van der Waals surface area contributed by atoms with Crippen LogP contribution in [0.4, 0.5) is 0 Å². The zero-order valence-electron chi connectivity index (χ0n) is 22.9. The molecule has 0 bridgehead atoms. The summed E-state index contributed by atoms with van der Waals surface area (Å²) in [5.41, 5.74) is -0.525. The summed E-state index contributed by atoms with van der Waals surface area (Å²) < 4.78 is 23.8. The van der Waals surface area contributed by atoms with Crippen molar-refractivity contribution in [1.82, 2.24) is 0 Å². The van der Waals surface area contributed by atoms with Crippen molar-refractivity contribution in [2.75, 3.05) is 20.5 Å². The van der Waals surface area contributed by atoms with E-state index in [9.17, 15) is 9.59 Å². The van der Waals surface area contributed by atoms with Crippen LogP contribution in [0.1, 0.15) is 73.6 Å². The molecule has 0 aromatic heterocycles. The Morgan fingerprint density at radius 2 is 1.62 bits per heavy atom. The van der Waals surface area contributed by atoms with Crippen LogP contribution in [0, 0.1) is 35.0 Å². The van der Waals surface area contributed by atoms with Crippen LogP contribution in [-0.4, -0.2) is 52.8 Å². The monoisotopic (exact) mass is 496 g/mol. The van der Waals surface area contributed by atoms with Crippen molar-refractivity contribution in [3.63, 3.8) is 0 Å². The molecular formula is C27H48O6Si. The van der Waals surface area contributed by atoms with E-state index >= 15 is 0 Å². The molecule has 196 valence electrons. The highest BCUT2D eigenvalue weighted by molar-refractivity contribution is 6.74. The zero-order valence-corrected chi connectivity index (χ0v) is 23.9. The molecule has 6 nitrogen and oxygen atoms in total. The summed E-state index contributed by atoms with van der Waals surface area (Å²) in [4.78, 5) is 25.3. The highest BCUT2D eigenvalue weighted by atomic mass is 28.4. The highest BCUT2D eigenvalue weighted by Crippen LogP contribution is 2.57. The maximum Gasteiger partial charge on any atom is 0.311 e. The first-order chi connectivity index (χ1) is 15.7. The van der Waals surface area contributed by atoms with Gasteiger partial charge in [-0.3, -0.25) is 9.59 Å². The van der Waals surface area contributed by atoms with E-state index in [2.05, 4.69) is 33.9 Å². The Kier molecular flexibility index (Phi) is 8.43. The number of esters is 1. The van der Waals surface area contributed by atoms with Gasteiger partial charge in [0.05, 0.1) is 18.1 Å². The lowest BCUT2D eigenvalue weighted by molar-refractivity contribution is -0.154. The van der Waals surface area contributed by atoms with Gasteiger partial charge in [0.2, 0.25) is 0 Å². The van der Waals surface area contributed by atoms with Crippen molar-refractivity contribution in [2.45, 2.75) is 104 Å². The molecule has 0 saturated heterocycles. The Balaban J connectivity index is 1.72. The summed E-state index contributed by atoms with van der Waals surface area (Å²) in [6, 6.07) is 0. The van der Waals surface area contributed by atoms with Gasteiger partial charge in [-0.1, -0.05) is 20.8 Å². The SMILES string of the molecule is COCO[C@H]1C[C@@H]2[C@@H](CC(=O)[C@@H]2CCOC(=O)C(C)(C)C)[C@@H]2C[C@H](O[Si](C)(C)C(C)(C)C)C[C@@H]21. The predicted molar refractivity (Wildman–Crippen MR) is 135 cm³/mol. The number of carbonyl (C=O) groups is 2. The summed E-state index contributed by atoms with van der Waals surface area (Å²) in [6.45, 7) is 17.7. The van der Waals surface area contributed by atoms with E-state index in [0.717, 1.165) is 19.3 Å². The number of hydrogen-bond donors (Lipinski definition) is 0. The second kappa shape index (κ2) is 10.3. The number of rotatable bonds is 8. The number of carbonyl (C=O) groups excluding carboxylic acids is 2. The lowest BCUT2D eigenvalue weighted by atomic mass is 9.66. The van der Waals surface area contributed by atoms with Gasteiger partial charge >= 0.3 is 5.97 Å². The van der Waals surface area contributed by atoms with Gasteiger partial charge in [0.1, 0.15) is 12.6 Å². The molecule has 0 heterocycles. The van der Waals surface area contributed by atoms with Gasteiger partial charge in [-0.15, -0.1) is 0 Å². The van der Waals surface area contributed by atoms with Crippen molar-refractivity contribution in [3.8, 4) is 0 Å². The van der Waals surface area contributed by atoms with Crippen LogP contribution in [0.15, 0.2) is 0 Å². The average molecular weight is 497 g/mol. The molecule has 3 saturated carbocycles. The van der Waals surface area contributed by atoms with E-state index < -0.39 is 13.7 Å². The second-order valence-corrected chi connectivity index (χ2v) is 18.2. The standard InChI is InChI=1S/C27H48O6Si/c1-26(2,3)25(29)31-11-10-18-21-15-24(32-16-30-7)22-13-17(33-34(8,9)27(4,5)6)12-19(22)20(21)14-23(18)28/h17-22,24H,10-16H2,1-9H3/t17-,18+,19-,20-,21-,22-,24-/m0/s1. The Morgan fingerprint density at radius 1 is 0.971 bits per heavy atom. The maximum absolute atomic E-state index is 13.1. The van der Waals surface area contributed by atoms with Gasteiger partial charge in [-0.25, -0.2) is 0 Å². The third-order valence-electron chi connectivity index (χ3n) is 9.01. The van der Waals surface area contributed by atoms with Crippen molar-refractivity contribution in [2.24, 2.45) is 35.0 Å². The summed E-state index contributed by atoms with van der Waals surface area (Å²) in [5.74, 6) is 1.61. The van der Waals surface area contributed by atoms with Crippen molar-refractivity contribution in [1.29, 1.82) is 0 Å². The smallest absolute Gasteiger partial charge is 0.311 e. The van der Waals surface area contributed by atoms with Gasteiger partial charge in [0.15, 0.2) is 8.32 Å². The number of fused-ring (bicyclic) bond motifs is 3. The molecule has 34 heavy (non-hydrogen) atoms. The van der Waals surface area contributed by atoms with Gasteiger partial charge in [-0.05, 0) is 88.3 Å². The number of ketones is 1. The summed E-state index contributed by atoms with van der Waals surface area (Å²) in [6.07, 6.45) is 4.50. The summed E-state index contributed by atoms with van der Waals surface area (Å²) in [5, 5.41) is 0.175. The molecule has 0 amide bonds. The molecule has 7 heteroatoms.